The van der Waals surface area contributed by atoms with Crippen molar-refractivity contribution in [1.29, 1.82) is 0 Å². The fourth-order valence-corrected chi connectivity index (χ4v) is 1.74. The lowest BCUT2D eigenvalue weighted by Crippen LogP contribution is -1.91. The van der Waals surface area contributed by atoms with E-state index >= 15 is 0 Å². The number of fused-ring (bicyclic) bond motifs is 1. The summed E-state index contributed by atoms with van der Waals surface area (Å²) in [7, 11) is 1.93. The van der Waals surface area contributed by atoms with Gasteiger partial charge in [-0.25, -0.2) is 0 Å². The van der Waals surface area contributed by atoms with Crippen LogP contribution in [0.3, 0.4) is 0 Å². The molecule has 0 atom stereocenters. The van der Waals surface area contributed by atoms with Crippen molar-refractivity contribution in [3.63, 3.8) is 0 Å². The van der Waals surface area contributed by atoms with Crippen molar-refractivity contribution in [2.75, 3.05) is 0 Å². The first-order chi connectivity index (χ1) is 6.76. The second-order valence-electron chi connectivity index (χ2n) is 3.43. The Morgan fingerprint density at radius 3 is 2.86 bits per heavy atom. The number of aliphatic hydroxyl groups excluding tert-OH is 1. The third kappa shape index (κ3) is 1.30. The number of aromatic nitrogens is 2. The highest BCUT2D eigenvalue weighted by Crippen LogP contribution is 2.19. The molecule has 0 saturated heterocycles. The fourth-order valence-electron chi connectivity index (χ4n) is 1.74. The molecular formula is C11H14N2O. The zero-order valence-corrected chi connectivity index (χ0v) is 8.49. The van der Waals surface area contributed by atoms with Crippen molar-refractivity contribution < 1.29 is 5.11 Å². The van der Waals surface area contributed by atoms with E-state index in [1.807, 2.05) is 29.9 Å². The van der Waals surface area contributed by atoms with Gasteiger partial charge in [-0.15, -0.1) is 0 Å². The van der Waals surface area contributed by atoms with Crippen molar-refractivity contribution >= 4 is 10.9 Å². The predicted octanol–water partition coefficient (Wildman–Crippen LogP) is 1.63. The van der Waals surface area contributed by atoms with Crippen LogP contribution in [0.4, 0.5) is 0 Å². The molecule has 0 amide bonds. The zero-order valence-electron chi connectivity index (χ0n) is 8.49. The second-order valence-corrected chi connectivity index (χ2v) is 3.43. The summed E-state index contributed by atoms with van der Waals surface area (Å²) < 4.78 is 1.87. The molecule has 1 heterocycles. The average molecular weight is 190 g/mol. The highest BCUT2D eigenvalue weighted by Gasteiger charge is 2.06. The van der Waals surface area contributed by atoms with Gasteiger partial charge in [0.05, 0.1) is 17.8 Å². The van der Waals surface area contributed by atoms with Crippen LogP contribution in [0, 0.1) is 0 Å². The summed E-state index contributed by atoms with van der Waals surface area (Å²) in [6, 6.07) is 5.97. The molecule has 0 spiro atoms. The number of aryl methyl sites for hydroxylation is 2. The Morgan fingerprint density at radius 2 is 2.21 bits per heavy atom. The van der Waals surface area contributed by atoms with Gasteiger partial charge in [0.15, 0.2) is 0 Å². The van der Waals surface area contributed by atoms with Gasteiger partial charge in [-0.1, -0.05) is 19.1 Å². The molecule has 1 N–H and O–H groups in total. The molecule has 0 radical (unpaired) electrons. The molecule has 1 aromatic carbocycles. The first-order valence-corrected chi connectivity index (χ1v) is 4.81. The van der Waals surface area contributed by atoms with E-state index < -0.39 is 0 Å². The monoisotopic (exact) mass is 190 g/mol. The molecule has 0 aliphatic rings. The van der Waals surface area contributed by atoms with Crippen molar-refractivity contribution in [1.82, 2.24) is 9.78 Å². The molecular weight excluding hydrogens is 176 g/mol. The molecule has 0 fully saturated rings. The van der Waals surface area contributed by atoms with Gasteiger partial charge in [0.1, 0.15) is 0 Å². The van der Waals surface area contributed by atoms with Crippen LogP contribution in [-0.2, 0) is 20.1 Å². The Labute approximate surface area is 83.0 Å². The summed E-state index contributed by atoms with van der Waals surface area (Å²) in [6.45, 7) is 2.18. The quantitative estimate of drug-likeness (QED) is 0.781. The number of hydrogen-bond donors (Lipinski definition) is 1. The summed E-state index contributed by atoms with van der Waals surface area (Å²) in [6.07, 6.45) is 0.940. The van der Waals surface area contributed by atoms with E-state index in [0.29, 0.717) is 0 Å². The van der Waals surface area contributed by atoms with Crippen LogP contribution in [0.1, 0.15) is 18.2 Å². The maximum absolute atomic E-state index is 9.02. The van der Waals surface area contributed by atoms with Gasteiger partial charge in [-0.3, -0.25) is 4.68 Å². The van der Waals surface area contributed by atoms with Crippen LogP contribution >= 0.6 is 0 Å². The average Bonchev–Trinajstić information content (AvgIpc) is 2.55. The molecule has 3 nitrogen and oxygen atoms in total. The van der Waals surface area contributed by atoms with E-state index in [1.54, 1.807) is 0 Å². The van der Waals surface area contributed by atoms with Gasteiger partial charge in [0.2, 0.25) is 0 Å². The number of nitrogens with zero attached hydrogens (tertiary/aromatic N) is 2. The van der Waals surface area contributed by atoms with Gasteiger partial charge >= 0.3 is 0 Å². The third-order valence-electron chi connectivity index (χ3n) is 2.51. The van der Waals surface area contributed by atoms with E-state index in [1.165, 1.54) is 5.39 Å². The fraction of sp³-hybridized carbons (Fsp3) is 0.364. The standard InChI is InChI=1S/C11H14N2O/c1-3-10-9-5-4-8(7-14)6-11(9)13(2)12-10/h4-6,14H,3,7H2,1-2H3. The Kier molecular flexibility index (Phi) is 2.25. The molecule has 1 aromatic heterocycles. The van der Waals surface area contributed by atoms with Crippen molar-refractivity contribution in [3.05, 3.63) is 29.5 Å². The van der Waals surface area contributed by atoms with E-state index in [2.05, 4.69) is 12.0 Å². The highest BCUT2D eigenvalue weighted by atomic mass is 16.3. The van der Waals surface area contributed by atoms with Crippen LogP contribution in [-0.4, -0.2) is 14.9 Å². The molecule has 0 bridgehead atoms. The van der Waals surface area contributed by atoms with Gasteiger partial charge in [-0.2, -0.15) is 5.10 Å². The Bertz CT molecular complexity index is 460. The Balaban J connectivity index is 2.70. The number of hydrogen-bond acceptors (Lipinski definition) is 2. The maximum Gasteiger partial charge on any atom is 0.0700 e. The molecule has 0 aliphatic carbocycles. The van der Waals surface area contributed by atoms with Crippen LogP contribution in [0.25, 0.3) is 10.9 Å². The molecule has 2 aromatic rings. The zero-order chi connectivity index (χ0) is 10.1. The van der Waals surface area contributed by atoms with Gasteiger partial charge in [0.25, 0.3) is 0 Å². The lowest BCUT2D eigenvalue weighted by molar-refractivity contribution is 0.282. The second kappa shape index (κ2) is 3.42. The van der Waals surface area contributed by atoms with E-state index in [0.717, 1.165) is 23.2 Å². The minimum absolute atomic E-state index is 0.0859. The topological polar surface area (TPSA) is 38.0 Å². The molecule has 0 saturated carbocycles. The minimum atomic E-state index is 0.0859. The Morgan fingerprint density at radius 1 is 1.43 bits per heavy atom. The molecule has 74 valence electrons. The normalized spacial score (nSPS) is 11.1. The molecule has 0 unspecified atom stereocenters. The molecule has 3 heteroatoms. The smallest absolute Gasteiger partial charge is 0.0700 e. The molecule has 0 aliphatic heterocycles. The summed E-state index contributed by atoms with van der Waals surface area (Å²) in [5.41, 5.74) is 3.14. The lowest BCUT2D eigenvalue weighted by atomic mass is 10.1. The number of benzene rings is 1. The SMILES string of the molecule is CCc1nn(C)c2cc(CO)ccc12. The first kappa shape index (κ1) is 9.21. The van der Waals surface area contributed by atoms with Crippen molar-refractivity contribution in [3.8, 4) is 0 Å². The van der Waals surface area contributed by atoms with Gasteiger partial charge in [-0.05, 0) is 18.1 Å². The largest absolute Gasteiger partial charge is 0.392 e. The van der Waals surface area contributed by atoms with Gasteiger partial charge < -0.3 is 5.11 Å². The van der Waals surface area contributed by atoms with Crippen LogP contribution in [0.2, 0.25) is 0 Å². The van der Waals surface area contributed by atoms with E-state index in [4.69, 9.17) is 5.11 Å². The number of aliphatic hydroxyl groups is 1. The van der Waals surface area contributed by atoms with Crippen molar-refractivity contribution in [2.24, 2.45) is 7.05 Å². The predicted molar refractivity (Wildman–Crippen MR) is 56.0 cm³/mol. The van der Waals surface area contributed by atoms with Crippen LogP contribution in [0.15, 0.2) is 18.2 Å². The van der Waals surface area contributed by atoms with Gasteiger partial charge in [0, 0.05) is 12.4 Å². The maximum atomic E-state index is 9.02. The summed E-state index contributed by atoms with van der Waals surface area (Å²) in [4.78, 5) is 0. The minimum Gasteiger partial charge on any atom is -0.392 e. The molecule has 2 rings (SSSR count). The summed E-state index contributed by atoms with van der Waals surface area (Å²) >= 11 is 0. The first-order valence-electron chi connectivity index (χ1n) is 4.81. The summed E-state index contributed by atoms with van der Waals surface area (Å²) in [5.74, 6) is 0. The highest BCUT2D eigenvalue weighted by molar-refractivity contribution is 5.82. The summed E-state index contributed by atoms with van der Waals surface area (Å²) in [5, 5.41) is 14.6. The van der Waals surface area contributed by atoms with Crippen LogP contribution in [0.5, 0.6) is 0 Å². The lowest BCUT2D eigenvalue weighted by Gasteiger charge is -1.97. The van der Waals surface area contributed by atoms with E-state index in [9.17, 15) is 0 Å². The Hall–Kier alpha value is -1.35. The number of rotatable bonds is 2. The van der Waals surface area contributed by atoms with Crippen molar-refractivity contribution in [2.45, 2.75) is 20.0 Å². The molecule has 14 heavy (non-hydrogen) atoms. The third-order valence-corrected chi connectivity index (χ3v) is 2.51. The van der Waals surface area contributed by atoms with Crippen LogP contribution < -0.4 is 0 Å². The van der Waals surface area contributed by atoms with E-state index in [-0.39, 0.29) is 6.61 Å².